The van der Waals surface area contributed by atoms with Gasteiger partial charge in [-0.05, 0) is 43.7 Å². The van der Waals surface area contributed by atoms with Crippen molar-refractivity contribution in [1.29, 1.82) is 0 Å². The minimum atomic E-state index is -0.420. The SMILES string of the molecule is Cc1cccc(N2CCN(C(=O)C(C)Sc3ccc([N+](=O)[O-])cc3)CC2)c1. The van der Waals surface area contributed by atoms with Crippen molar-refractivity contribution in [2.45, 2.75) is 24.0 Å². The first-order valence-corrected chi connectivity index (χ1v) is 9.83. The number of hydrogen-bond acceptors (Lipinski definition) is 5. The van der Waals surface area contributed by atoms with Crippen LogP contribution in [0.2, 0.25) is 0 Å². The average molecular weight is 385 g/mol. The fraction of sp³-hybridized carbons (Fsp3) is 0.350. The van der Waals surface area contributed by atoms with E-state index in [2.05, 4.69) is 36.1 Å². The molecule has 0 aliphatic carbocycles. The molecule has 1 unspecified atom stereocenters. The first-order chi connectivity index (χ1) is 12.9. The molecular formula is C20H23N3O3S. The maximum atomic E-state index is 12.8. The number of carbonyl (C=O) groups is 1. The zero-order valence-electron chi connectivity index (χ0n) is 15.5. The van der Waals surface area contributed by atoms with Crippen molar-refractivity contribution >= 4 is 29.0 Å². The Hall–Kier alpha value is -2.54. The number of amides is 1. The molecule has 142 valence electrons. The molecule has 0 aromatic heterocycles. The van der Waals surface area contributed by atoms with Crippen molar-refractivity contribution in [1.82, 2.24) is 4.90 Å². The van der Waals surface area contributed by atoms with E-state index in [0.29, 0.717) is 13.1 Å². The summed E-state index contributed by atoms with van der Waals surface area (Å²) in [5.74, 6) is 0.113. The van der Waals surface area contributed by atoms with Gasteiger partial charge in [-0.1, -0.05) is 12.1 Å². The predicted molar refractivity (Wildman–Crippen MR) is 108 cm³/mol. The molecule has 1 heterocycles. The number of anilines is 1. The van der Waals surface area contributed by atoms with Crippen molar-refractivity contribution in [2.75, 3.05) is 31.1 Å². The molecule has 2 aromatic rings. The number of nitro benzene ring substituents is 1. The van der Waals surface area contributed by atoms with Crippen LogP contribution in [0.25, 0.3) is 0 Å². The van der Waals surface area contributed by atoms with Crippen LogP contribution in [0.3, 0.4) is 0 Å². The van der Waals surface area contributed by atoms with Gasteiger partial charge in [0.2, 0.25) is 5.91 Å². The van der Waals surface area contributed by atoms with Gasteiger partial charge < -0.3 is 9.80 Å². The molecular weight excluding hydrogens is 362 g/mol. The fourth-order valence-electron chi connectivity index (χ4n) is 3.17. The summed E-state index contributed by atoms with van der Waals surface area (Å²) in [6, 6.07) is 14.8. The third kappa shape index (κ3) is 4.80. The minimum Gasteiger partial charge on any atom is -0.368 e. The molecule has 7 heteroatoms. The monoisotopic (exact) mass is 385 g/mol. The van der Waals surface area contributed by atoms with E-state index >= 15 is 0 Å². The third-order valence-corrected chi connectivity index (χ3v) is 5.77. The van der Waals surface area contributed by atoms with Crippen LogP contribution in [0, 0.1) is 17.0 Å². The Kier molecular flexibility index (Phi) is 6.01. The number of aryl methyl sites for hydroxylation is 1. The standard InChI is InChI=1S/C20H23N3O3S/c1-15-4-3-5-18(14-15)21-10-12-22(13-11-21)20(24)16(2)27-19-8-6-17(7-9-19)23(25)26/h3-9,14,16H,10-13H2,1-2H3. The Bertz CT molecular complexity index is 817. The lowest BCUT2D eigenvalue weighted by Gasteiger charge is -2.37. The highest BCUT2D eigenvalue weighted by Crippen LogP contribution is 2.27. The fourth-order valence-corrected chi connectivity index (χ4v) is 4.12. The lowest BCUT2D eigenvalue weighted by Crippen LogP contribution is -2.50. The lowest BCUT2D eigenvalue weighted by atomic mass is 10.2. The highest BCUT2D eigenvalue weighted by molar-refractivity contribution is 8.00. The molecule has 6 nitrogen and oxygen atoms in total. The molecule has 1 aliphatic rings. The molecule has 3 rings (SSSR count). The van der Waals surface area contributed by atoms with Crippen molar-refractivity contribution in [2.24, 2.45) is 0 Å². The minimum absolute atomic E-state index is 0.0607. The lowest BCUT2D eigenvalue weighted by molar-refractivity contribution is -0.384. The zero-order chi connectivity index (χ0) is 19.4. The third-order valence-electron chi connectivity index (χ3n) is 4.67. The molecule has 0 bridgehead atoms. The maximum absolute atomic E-state index is 12.8. The highest BCUT2D eigenvalue weighted by Gasteiger charge is 2.25. The van der Waals surface area contributed by atoms with Crippen LogP contribution in [-0.4, -0.2) is 47.2 Å². The second-order valence-corrected chi connectivity index (χ2v) is 8.08. The van der Waals surface area contributed by atoms with Gasteiger partial charge in [-0.15, -0.1) is 11.8 Å². The van der Waals surface area contributed by atoms with Gasteiger partial charge in [0.05, 0.1) is 10.2 Å². The summed E-state index contributed by atoms with van der Waals surface area (Å²) in [5, 5.41) is 10.5. The van der Waals surface area contributed by atoms with E-state index in [0.717, 1.165) is 18.0 Å². The zero-order valence-corrected chi connectivity index (χ0v) is 16.3. The molecule has 1 saturated heterocycles. The van der Waals surface area contributed by atoms with Crippen LogP contribution in [0.4, 0.5) is 11.4 Å². The van der Waals surface area contributed by atoms with Crippen LogP contribution in [0.1, 0.15) is 12.5 Å². The molecule has 1 aliphatic heterocycles. The van der Waals surface area contributed by atoms with E-state index in [4.69, 9.17) is 0 Å². The Morgan fingerprint density at radius 1 is 1.11 bits per heavy atom. The Balaban J connectivity index is 1.54. The van der Waals surface area contributed by atoms with E-state index in [1.807, 2.05) is 11.8 Å². The van der Waals surface area contributed by atoms with Gasteiger partial charge in [-0.3, -0.25) is 14.9 Å². The van der Waals surface area contributed by atoms with Crippen LogP contribution < -0.4 is 4.90 Å². The number of non-ortho nitro benzene ring substituents is 1. The molecule has 0 spiro atoms. The van der Waals surface area contributed by atoms with Gasteiger partial charge in [0.1, 0.15) is 0 Å². The Morgan fingerprint density at radius 2 is 1.78 bits per heavy atom. The van der Waals surface area contributed by atoms with E-state index in [9.17, 15) is 14.9 Å². The van der Waals surface area contributed by atoms with Gasteiger partial charge in [0, 0.05) is 48.9 Å². The number of nitrogens with zero attached hydrogens (tertiary/aromatic N) is 3. The van der Waals surface area contributed by atoms with Gasteiger partial charge in [0.25, 0.3) is 5.69 Å². The summed E-state index contributed by atoms with van der Waals surface area (Å²) < 4.78 is 0. The average Bonchev–Trinajstić information content (AvgIpc) is 2.68. The molecule has 0 radical (unpaired) electrons. The maximum Gasteiger partial charge on any atom is 0.269 e. The van der Waals surface area contributed by atoms with Gasteiger partial charge in [0.15, 0.2) is 0 Å². The second kappa shape index (κ2) is 8.43. The van der Waals surface area contributed by atoms with Crippen molar-refractivity contribution in [3.05, 3.63) is 64.2 Å². The van der Waals surface area contributed by atoms with Gasteiger partial charge >= 0.3 is 0 Å². The first-order valence-electron chi connectivity index (χ1n) is 8.95. The normalized spacial score (nSPS) is 15.5. The molecule has 0 N–H and O–H groups in total. The Labute approximate surface area is 163 Å². The van der Waals surface area contributed by atoms with Crippen LogP contribution in [0.15, 0.2) is 53.4 Å². The van der Waals surface area contributed by atoms with E-state index in [-0.39, 0.29) is 16.8 Å². The number of rotatable bonds is 5. The number of hydrogen-bond donors (Lipinski definition) is 0. The number of benzene rings is 2. The first kappa shape index (κ1) is 19.2. The summed E-state index contributed by atoms with van der Waals surface area (Å²) in [6.07, 6.45) is 0. The summed E-state index contributed by atoms with van der Waals surface area (Å²) in [7, 11) is 0. The summed E-state index contributed by atoms with van der Waals surface area (Å²) in [4.78, 5) is 28.1. The molecule has 1 atom stereocenters. The smallest absolute Gasteiger partial charge is 0.269 e. The molecule has 27 heavy (non-hydrogen) atoms. The molecule has 1 amide bonds. The van der Waals surface area contributed by atoms with Crippen LogP contribution >= 0.6 is 11.8 Å². The van der Waals surface area contributed by atoms with E-state index in [1.165, 1.54) is 35.1 Å². The summed E-state index contributed by atoms with van der Waals surface area (Å²) in [6.45, 7) is 7.03. The number of thioether (sulfide) groups is 1. The quantitative estimate of drug-likeness (QED) is 0.446. The predicted octanol–water partition coefficient (Wildman–Crippen LogP) is 3.73. The molecule has 1 fully saturated rings. The van der Waals surface area contributed by atoms with Crippen molar-refractivity contribution in [3.8, 4) is 0 Å². The number of nitro groups is 1. The van der Waals surface area contributed by atoms with Crippen molar-refractivity contribution in [3.63, 3.8) is 0 Å². The summed E-state index contributed by atoms with van der Waals surface area (Å²) in [5.41, 5.74) is 2.50. The highest BCUT2D eigenvalue weighted by atomic mass is 32.2. The second-order valence-electron chi connectivity index (χ2n) is 6.66. The largest absolute Gasteiger partial charge is 0.368 e. The Morgan fingerprint density at radius 3 is 2.37 bits per heavy atom. The summed E-state index contributed by atoms with van der Waals surface area (Å²) >= 11 is 1.44. The van der Waals surface area contributed by atoms with E-state index < -0.39 is 4.92 Å². The van der Waals surface area contributed by atoms with Gasteiger partial charge in [-0.2, -0.15) is 0 Å². The molecule has 2 aromatic carbocycles. The van der Waals surface area contributed by atoms with Crippen LogP contribution in [-0.2, 0) is 4.79 Å². The number of piperazine rings is 1. The topological polar surface area (TPSA) is 66.7 Å². The number of carbonyl (C=O) groups excluding carboxylic acids is 1. The van der Waals surface area contributed by atoms with Crippen LogP contribution in [0.5, 0.6) is 0 Å². The van der Waals surface area contributed by atoms with Gasteiger partial charge in [-0.25, -0.2) is 0 Å². The van der Waals surface area contributed by atoms with Crippen molar-refractivity contribution < 1.29 is 9.72 Å². The molecule has 0 saturated carbocycles. The van der Waals surface area contributed by atoms with E-state index in [1.54, 1.807) is 12.1 Å².